The van der Waals surface area contributed by atoms with Crippen LogP contribution in [0.1, 0.15) is 61.7 Å². The first-order valence-corrected chi connectivity index (χ1v) is 11.0. The minimum Gasteiger partial charge on any atom is -0.478 e. The third kappa shape index (κ3) is 4.84. The number of sulfonamides is 1. The Balaban J connectivity index is 1.64. The lowest BCUT2D eigenvalue weighted by molar-refractivity contribution is 0.0696. The third-order valence-corrected chi connectivity index (χ3v) is 7.06. The minimum absolute atomic E-state index is 0.0844. The van der Waals surface area contributed by atoms with Gasteiger partial charge in [-0.2, -0.15) is 0 Å². The minimum atomic E-state index is -3.63. The number of nitrogens with zero attached hydrogens (tertiary/aromatic N) is 1. The van der Waals surface area contributed by atoms with Crippen LogP contribution in [0.15, 0.2) is 29.2 Å². The lowest BCUT2D eigenvalue weighted by atomic mass is 10.0. The zero-order valence-corrected chi connectivity index (χ0v) is 15.9. The van der Waals surface area contributed by atoms with Crippen LogP contribution in [0.4, 0.5) is 0 Å². The van der Waals surface area contributed by atoms with Crippen molar-refractivity contribution in [2.24, 2.45) is 0 Å². The van der Waals surface area contributed by atoms with Gasteiger partial charge in [-0.1, -0.05) is 25.7 Å². The van der Waals surface area contributed by atoms with Crippen LogP contribution >= 0.6 is 0 Å². The van der Waals surface area contributed by atoms with E-state index >= 15 is 0 Å². The molecule has 1 saturated heterocycles. The highest BCUT2D eigenvalue weighted by molar-refractivity contribution is 7.89. The van der Waals surface area contributed by atoms with E-state index < -0.39 is 16.0 Å². The molecule has 26 heavy (non-hydrogen) atoms. The summed E-state index contributed by atoms with van der Waals surface area (Å²) in [5.74, 6) is -1.06. The highest BCUT2D eigenvalue weighted by Crippen LogP contribution is 2.25. The molecule has 1 aromatic rings. The number of hydrogen-bond acceptors (Lipinski definition) is 4. The molecule has 1 saturated carbocycles. The van der Waals surface area contributed by atoms with Gasteiger partial charge >= 0.3 is 5.97 Å². The van der Waals surface area contributed by atoms with Crippen molar-refractivity contribution in [3.63, 3.8) is 0 Å². The molecule has 0 spiro atoms. The van der Waals surface area contributed by atoms with Crippen LogP contribution in [0.25, 0.3) is 0 Å². The first kappa shape index (κ1) is 19.3. The zero-order valence-electron chi connectivity index (χ0n) is 15.1. The Bertz CT molecular complexity index is 710. The summed E-state index contributed by atoms with van der Waals surface area (Å²) in [5.41, 5.74) is 0.0844. The van der Waals surface area contributed by atoms with Gasteiger partial charge in [-0.15, -0.1) is 0 Å². The predicted molar refractivity (Wildman–Crippen MR) is 99.8 cm³/mol. The van der Waals surface area contributed by atoms with Gasteiger partial charge in [0.15, 0.2) is 0 Å². The molecule has 0 radical (unpaired) electrons. The number of piperidine rings is 1. The molecule has 6 nitrogen and oxygen atoms in total. The third-order valence-electron chi connectivity index (χ3n) is 5.53. The maximum Gasteiger partial charge on any atom is 0.335 e. The van der Waals surface area contributed by atoms with E-state index in [-0.39, 0.29) is 16.5 Å². The van der Waals surface area contributed by atoms with Gasteiger partial charge in [0.1, 0.15) is 0 Å². The summed E-state index contributed by atoms with van der Waals surface area (Å²) in [6, 6.07) is 5.87. The summed E-state index contributed by atoms with van der Waals surface area (Å²) in [7, 11) is -3.63. The summed E-state index contributed by atoms with van der Waals surface area (Å²) in [6.07, 6.45) is 9.45. The van der Waals surface area contributed by atoms with Crippen molar-refractivity contribution in [1.29, 1.82) is 0 Å². The molecule has 0 bridgehead atoms. The number of nitrogens with one attached hydrogen (secondary N) is 1. The molecule has 3 rings (SSSR count). The van der Waals surface area contributed by atoms with Crippen molar-refractivity contribution in [1.82, 2.24) is 9.62 Å². The molecule has 1 aliphatic heterocycles. The SMILES string of the molecule is O=C(O)c1ccc(S(=O)(=O)N[C@H]2CCCN(C3CCCCCC3)C2)cc1. The van der Waals surface area contributed by atoms with Gasteiger partial charge in [-0.05, 0) is 56.5 Å². The van der Waals surface area contributed by atoms with Crippen LogP contribution in [0.2, 0.25) is 0 Å². The van der Waals surface area contributed by atoms with Crippen LogP contribution < -0.4 is 4.72 Å². The second kappa shape index (κ2) is 8.50. The molecule has 1 heterocycles. The number of rotatable bonds is 5. The molecule has 2 N–H and O–H groups in total. The van der Waals surface area contributed by atoms with E-state index in [1.807, 2.05) is 0 Å². The lowest BCUT2D eigenvalue weighted by Crippen LogP contribution is -2.50. The second-order valence-corrected chi connectivity index (χ2v) is 9.14. The normalized spacial score (nSPS) is 23.5. The summed E-state index contributed by atoms with van der Waals surface area (Å²) in [5, 5.41) is 8.94. The van der Waals surface area contributed by atoms with Crippen molar-refractivity contribution >= 4 is 16.0 Å². The van der Waals surface area contributed by atoms with E-state index in [0.717, 1.165) is 25.9 Å². The van der Waals surface area contributed by atoms with E-state index in [0.29, 0.717) is 6.04 Å². The van der Waals surface area contributed by atoms with Crippen molar-refractivity contribution in [3.8, 4) is 0 Å². The molecule has 1 atom stereocenters. The van der Waals surface area contributed by atoms with Gasteiger partial charge in [0.05, 0.1) is 10.5 Å². The molecule has 2 aliphatic rings. The number of carboxylic acid groups (broad SMARTS) is 1. The van der Waals surface area contributed by atoms with E-state index in [9.17, 15) is 13.2 Å². The molecular weight excluding hydrogens is 352 g/mol. The van der Waals surface area contributed by atoms with Crippen molar-refractivity contribution in [3.05, 3.63) is 29.8 Å². The summed E-state index contributed by atoms with van der Waals surface area (Å²) in [6.45, 7) is 1.81. The summed E-state index contributed by atoms with van der Waals surface area (Å²) >= 11 is 0. The van der Waals surface area contributed by atoms with Gasteiger partial charge in [-0.3, -0.25) is 4.90 Å². The smallest absolute Gasteiger partial charge is 0.335 e. The number of benzene rings is 1. The quantitative estimate of drug-likeness (QED) is 0.767. The van der Waals surface area contributed by atoms with Crippen molar-refractivity contribution in [2.75, 3.05) is 13.1 Å². The number of aromatic carboxylic acids is 1. The molecule has 7 heteroatoms. The molecule has 1 aliphatic carbocycles. The molecule has 0 amide bonds. The molecule has 0 unspecified atom stereocenters. The zero-order chi connectivity index (χ0) is 18.6. The Hall–Kier alpha value is -1.44. The van der Waals surface area contributed by atoms with E-state index in [4.69, 9.17) is 5.11 Å². The highest BCUT2D eigenvalue weighted by atomic mass is 32.2. The highest BCUT2D eigenvalue weighted by Gasteiger charge is 2.29. The predicted octanol–water partition coefficient (Wildman–Crippen LogP) is 2.85. The second-order valence-electron chi connectivity index (χ2n) is 7.43. The average Bonchev–Trinajstić information content (AvgIpc) is 2.91. The Kier molecular flexibility index (Phi) is 6.32. The maximum atomic E-state index is 12.6. The lowest BCUT2D eigenvalue weighted by Gasteiger charge is -2.38. The van der Waals surface area contributed by atoms with Crippen LogP contribution in [0.3, 0.4) is 0 Å². The van der Waals surface area contributed by atoms with Gasteiger partial charge in [-0.25, -0.2) is 17.9 Å². The molecular formula is C19H28N2O4S. The molecule has 1 aromatic carbocycles. The number of carboxylic acids is 1. The van der Waals surface area contributed by atoms with E-state index in [1.54, 1.807) is 0 Å². The summed E-state index contributed by atoms with van der Waals surface area (Å²) in [4.78, 5) is 13.5. The Labute approximate surface area is 155 Å². The van der Waals surface area contributed by atoms with Crippen LogP contribution in [-0.2, 0) is 10.0 Å². The van der Waals surface area contributed by atoms with Crippen LogP contribution in [-0.4, -0.2) is 49.6 Å². The molecule has 2 fully saturated rings. The maximum absolute atomic E-state index is 12.6. The number of hydrogen-bond donors (Lipinski definition) is 2. The van der Waals surface area contributed by atoms with Crippen molar-refractivity contribution < 1.29 is 18.3 Å². The fraction of sp³-hybridized carbons (Fsp3) is 0.632. The van der Waals surface area contributed by atoms with E-state index in [1.165, 1.54) is 62.8 Å². The first-order chi connectivity index (χ1) is 12.5. The van der Waals surface area contributed by atoms with Gasteiger partial charge < -0.3 is 5.11 Å². The number of carbonyl (C=O) groups is 1. The fourth-order valence-corrected chi connectivity index (χ4v) is 5.38. The first-order valence-electron chi connectivity index (χ1n) is 9.55. The van der Waals surface area contributed by atoms with Crippen molar-refractivity contribution in [2.45, 2.75) is 68.3 Å². The monoisotopic (exact) mass is 380 g/mol. The van der Waals surface area contributed by atoms with Gasteiger partial charge in [0, 0.05) is 18.6 Å². The van der Waals surface area contributed by atoms with Crippen LogP contribution in [0.5, 0.6) is 0 Å². The standard InChI is InChI=1S/C19H28N2O4S/c22-19(23)15-9-11-18(12-10-15)26(24,25)20-16-6-5-13-21(14-16)17-7-3-1-2-4-8-17/h9-12,16-17,20H,1-8,13-14H2,(H,22,23)/t16-/m0/s1. The molecule has 0 aromatic heterocycles. The topological polar surface area (TPSA) is 86.7 Å². The van der Waals surface area contributed by atoms with Gasteiger partial charge in [0.25, 0.3) is 0 Å². The number of likely N-dealkylation sites (tertiary alicyclic amines) is 1. The summed E-state index contributed by atoms with van der Waals surface area (Å²) < 4.78 is 28.1. The molecule has 144 valence electrons. The Morgan fingerprint density at radius 3 is 2.27 bits per heavy atom. The van der Waals surface area contributed by atoms with E-state index in [2.05, 4.69) is 9.62 Å². The average molecular weight is 381 g/mol. The van der Waals surface area contributed by atoms with Gasteiger partial charge in [0.2, 0.25) is 10.0 Å². The Morgan fingerprint density at radius 2 is 1.65 bits per heavy atom. The largest absolute Gasteiger partial charge is 0.478 e. The Morgan fingerprint density at radius 1 is 1.00 bits per heavy atom. The fourth-order valence-electron chi connectivity index (χ4n) is 4.12. The van der Waals surface area contributed by atoms with Crippen LogP contribution in [0, 0.1) is 0 Å².